The van der Waals surface area contributed by atoms with Gasteiger partial charge >= 0.3 is 0 Å². The third kappa shape index (κ3) is 1.46. The lowest BCUT2D eigenvalue weighted by Gasteiger charge is -1.98. The molecule has 2 rings (SSSR count). The van der Waals surface area contributed by atoms with Crippen molar-refractivity contribution in [2.24, 2.45) is 0 Å². The summed E-state index contributed by atoms with van der Waals surface area (Å²) in [7, 11) is 0. The quantitative estimate of drug-likeness (QED) is 0.691. The predicted molar refractivity (Wildman–Crippen MR) is 51.5 cm³/mol. The van der Waals surface area contributed by atoms with Gasteiger partial charge in [0, 0.05) is 9.99 Å². The summed E-state index contributed by atoms with van der Waals surface area (Å²) in [5.74, 6) is -2.96. The van der Waals surface area contributed by atoms with Gasteiger partial charge in [0.1, 0.15) is 0 Å². The summed E-state index contributed by atoms with van der Waals surface area (Å²) in [4.78, 5) is 0. The minimum atomic E-state index is -2.44. The molecule has 1 aromatic rings. The topological polar surface area (TPSA) is 0 Å². The van der Waals surface area contributed by atoms with Crippen molar-refractivity contribution in [2.45, 2.75) is 18.3 Å². The van der Waals surface area contributed by atoms with Crippen molar-refractivity contribution in [3.8, 4) is 0 Å². The van der Waals surface area contributed by atoms with Crippen LogP contribution in [0.5, 0.6) is 0 Å². The Morgan fingerprint density at radius 3 is 2.17 bits per heavy atom. The number of benzene rings is 1. The highest BCUT2D eigenvalue weighted by Gasteiger charge is 2.57. The second-order valence-electron chi connectivity index (χ2n) is 3.07. The SMILES string of the molecule is FC1(F)CC1c1ccc(I)cc1. The van der Waals surface area contributed by atoms with Gasteiger partial charge in [-0.3, -0.25) is 0 Å². The molecule has 1 unspecified atom stereocenters. The molecule has 0 bridgehead atoms. The number of hydrogen-bond acceptors (Lipinski definition) is 0. The van der Waals surface area contributed by atoms with Crippen molar-refractivity contribution in [1.82, 2.24) is 0 Å². The van der Waals surface area contributed by atoms with E-state index in [2.05, 4.69) is 22.6 Å². The molecule has 0 radical (unpaired) electrons. The maximum absolute atomic E-state index is 12.6. The molecule has 0 heterocycles. The van der Waals surface area contributed by atoms with Crippen LogP contribution in [0.1, 0.15) is 17.9 Å². The van der Waals surface area contributed by atoms with E-state index in [1.807, 2.05) is 12.1 Å². The zero-order valence-electron chi connectivity index (χ0n) is 6.23. The first-order valence-corrected chi connectivity index (χ1v) is 4.81. The molecule has 1 atom stereocenters. The molecule has 0 aromatic heterocycles. The van der Waals surface area contributed by atoms with Crippen molar-refractivity contribution in [3.63, 3.8) is 0 Å². The average Bonchev–Trinajstić information content (AvgIpc) is 2.61. The van der Waals surface area contributed by atoms with Crippen molar-refractivity contribution in [1.29, 1.82) is 0 Å². The third-order valence-electron chi connectivity index (χ3n) is 2.10. The van der Waals surface area contributed by atoms with Crippen molar-refractivity contribution in [3.05, 3.63) is 33.4 Å². The molecule has 12 heavy (non-hydrogen) atoms. The molecule has 3 heteroatoms. The van der Waals surface area contributed by atoms with Crippen LogP contribution in [-0.4, -0.2) is 5.92 Å². The van der Waals surface area contributed by atoms with Gasteiger partial charge in [0.25, 0.3) is 5.92 Å². The Morgan fingerprint density at radius 2 is 1.75 bits per heavy atom. The lowest BCUT2D eigenvalue weighted by Crippen LogP contribution is -1.92. The van der Waals surface area contributed by atoms with Crippen LogP contribution in [0.3, 0.4) is 0 Å². The smallest absolute Gasteiger partial charge is 0.206 e. The van der Waals surface area contributed by atoms with E-state index in [-0.39, 0.29) is 6.42 Å². The number of rotatable bonds is 1. The second-order valence-corrected chi connectivity index (χ2v) is 4.31. The number of alkyl halides is 2. The minimum Gasteiger partial charge on any atom is -0.206 e. The van der Waals surface area contributed by atoms with Gasteiger partial charge in [0.05, 0.1) is 5.92 Å². The summed E-state index contributed by atoms with van der Waals surface area (Å²) in [5, 5.41) is 0. The monoisotopic (exact) mass is 280 g/mol. The second kappa shape index (κ2) is 2.65. The molecule has 0 amide bonds. The molecule has 1 aliphatic carbocycles. The fourth-order valence-electron chi connectivity index (χ4n) is 1.27. The summed E-state index contributed by atoms with van der Waals surface area (Å²) in [6.07, 6.45) is 0.0214. The van der Waals surface area contributed by atoms with Crippen LogP contribution in [0.2, 0.25) is 0 Å². The van der Waals surface area contributed by atoms with Crippen LogP contribution in [0.25, 0.3) is 0 Å². The Hall–Kier alpha value is -0.190. The fourth-order valence-corrected chi connectivity index (χ4v) is 1.63. The van der Waals surface area contributed by atoms with Crippen LogP contribution in [0, 0.1) is 3.57 Å². The van der Waals surface area contributed by atoms with E-state index in [1.165, 1.54) is 0 Å². The molecule has 0 aliphatic heterocycles. The van der Waals surface area contributed by atoms with Gasteiger partial charge in [0.2, 0.25) is 0 Å². The van der Waals surface area contributed by atoms with Gasteiger partial charge in [-0.05, 0) is 40.3 Å². The van der Waals surface area contributed by atoms with Gasteiger partial charge in [-0.15, -0.1) is 0 Å². The van der Waals surface area contributed by atoms with E-state index in [9.17, 15) is 8.78 Å². The molecule has 1 aromatic carbocycles. The van der Waals surface area contributed by atoms with E-state index in [0.29, 0.717) is 0 Å². The van der Waals surface area contributed by atoms with E-state index in [1.54, 1.807) is 12.1 Å². The molecule has 0 N–H and O–H groups in total. The van der Waals surface area contributed by atoms with E-state index in [4.69, 9.17) is 0 Å². The van der Waals surface area contributed by atoms with Crippen LogP contribution >= 0.6 is 22.6 Å². The first kappa shape index (κ1) is 8.41. The highest BCUT2D eigenvalue weighted by molar-refractivity contribution is 14.1. The Balaban J connectivity index is 2.21. The lowest BCUT2D eigenvalue weighted by molar-refractivity contribution is 0.112. The molecule has 0 nitrogen and oxygen atoms in total. The van der Waals surface area contributed by atoms with Crippen LogP contribution in [0.4, 0.5) is 8.78 Å². The summed E-state index contributed by atoms with van der Waals surface area (Å²) in [5.41, 5.74) is 0.764. The Kier molecular flexibility index (Phi) is 1.86. The first-order valence-electron chi connectivity index (χ1n) is 3.73. The Labute approximate surface area is 83.1 Å². The van der Waals surface area contributed by atoms with E-state index < -0.39 is 11.8 Å². The Bertz CT molecular complexity index is 292. The fraction of sp³-hybridized carbons (Fsp3) is 0.333. The van der Waals surface area contributed by atoms with Crippen LogP contribution < -0.4 is 0 Å². The average molecular weight is 280 g/mol. The summed E-state index contributed by atoms with van der Waals surface area (Å²) in [6.45, 7) is 0. The van der Waals surface area contributed by atoms with Gasteiger partial charge < -0.3 is 0 Å². The largest absolute Gasteiger partial charge is 0.255 e. The minimum absolute atomic E-state index is 0.0214. The van der Waals surface area contributed by atoms with Gasteiger partial charge in [0.15, 0.2) is 0 Å². The van der Waals surface area contributed by atoms with Crippen molar-refractivity contribution < 1.29 is 8.78 Å². The molecule has 1 saturated carbocycles. The van der Waals surface area contributed by atoms with Gasteiger partial charge in [-0.25, -0.2) is 8.78 Å². The predicted octanol–water partition coefficient (Wildman–Crippen LogP) is 3.41. The molecule has 64 valence electrons. The zero-order chi connectivity index (χ0) is 8.77. The summed E-state index contributed by atoms with van der Waals surface area (Å²) < 4.78 is 26.2. The van der Waals surface area contributed by atoms with E-state index >= 15 is 0 Å². The summed E-state index contributed by atoms with van der Waals surface area (Å²) in [6, 6.07) is 7.30. The molecule has 1 aliphatic rings. The number of halogens is 3. The summed E-state index contributed by atoms with van der Waals surface area (Å²) >= 11 is 2.16. The third-order valence-corrected chi connectivity index (χ3v) is 2.82. The molecule has 1 fully saturated rings. The van der Waals surface area contributed by atoms with Crippen LogP contribution in [0.15, 0.2) is 24.3 Å². The zero-order valence-corrected chi connectivity index (χ0v) is 8.39. The van der Waals surface area contributed by atoms with Gasteiger partial charge in [-0.1, -0.05) is 12.1 Å². The lowest BCUT2D eigenvalue weighted by atomic mass is 10.1. The van der Waals surface area contributed by atoms with E-state index in [0.717, 1.165) is 9.13 Å². The number of hydrogen-bond donors (Lipinski definition) is 0. The van der Waals surface area contributed by atoms with Gasteiger partial charge in [-0.2, -0.15) is 0 Å². The first-order chi connectivity index (χ1) is 5.59. The Morgan fingerprint density at radius 1 is 1.25 bits per heavy atom. The highest BCUT2D eigenvalue weighted by Crippen LogP contribution is 2.55. The molecule has 0 spiro atoms. The standard InChI is InChI=1S/C9H7F2I/c10-9(11)5-8(9)6-1-3-7(12)4-2-6/h1-4,8H,5H2. The molecule has 0 saturated heterocycles. The normalized spacial score (nSPS) is 25.4. The maximum atomic E-state index is 12.6. The highest BCUT2D eigenvalue weighted by atomic mass is 127. The van der Waals surface area contributed by atoms with Crippen molar-refractivity contribution >= 4 is 22.6 Å². The molecular formula is C9H7F2I. The van der Waals surface area contributed by atoms with Crippen LogP contribution in [-0.2, 0) is 0 Å². The van der Waals surface area contributed by atoms with Crippen molar-refractivity contribution in [2.75, 3.05) is 0 Å². The maximum Gasteiger partial charge on any atom is 0.255 e. The molecular weight excluding hydrogens is 273 g/mol.